The first kappa shape index (κ1) is 30.8. The summed E-state index contributed by atoms with van der Waals surface area (Å²) >= 11 is 0. The summed E-state index contributed by atoms with van der Waals surface area (Å²) in [5.41, 5.74) is 0.465. The Kier molecular flexibility index (Phi) is 9.09. The van der Waals surface area contributed by atoms with E-state index >= 15 is 0 Å². The highest BCUT2D eigenvalue weighted by atomic mass is 32.2. The van der Waals surface area contributed by atoms with Crippen LogP contribution in [-0.2, 0) is 23.6 Å². The van der Waals surface area contributed by atoms with Crippen LogP contribution in [0.4, 0.5) is 17.3 Å². The van der Waals surface area contributed by atoms with Crippen molar-refractivity contribution in [3.05, 3.63) is 48.4 Å². The predicted molar refractivity (Wildman–Crippen MR) is 160 cm³/mol. The number of nitrogens with zero attached hydrogens (tertiary/aromatic N) is 5. The maximum absolute atomic E-state index is 13.5. The molecule has 0 radical (unpaired) electrons. The molecule has 0 fully saturated rings. The van der Waals surface area contributed by atoms with Gasteiger partial charge in [-0.25, -0.2) is 15.0 Å². The number of aryl methyl sites for hydroxylation is 1. The van der Waals surface area contributed by atoms with Gasteiger partial charge in [-0.15, -0.1) is 0 Å². The molecule has 2 heterocycles. The van der Waals surface area contributed by atoms with Crippen LogP contribution >= 0.6 is 0 Å². The average Bonchev–Trinajstić information content (AvgIpc) is 3.28. The van der Waals surface area contributed by atoms with Crippen molar-refractivity contribution in [2.45, 2.75) is 37.4 Å². The van der Waals surface area contributed by atoms with Gasteiger partial charge in [0, 0.05) is 31.8 Å². The Morgan fingerprint density at radius 2 is 1.69 bits per heavy atom. The number of fused-ring (bicyclic) bond motifs is 1. The second-order valence-corrected chi connectivity index (χ2v) is 12.2. The maximum atomic E-state index is 13.5. The molecular weight excluding hydrogens is 562 g/mol. The molecule has 0 unspecified atom stereocenters. The van der Waals surface area contributed by atoms with Gasteiger partial charge in [0.1, 0.15) is 11.6 Å². The van der Waals surface area contributed by atoms with E-state index in [1.807, 2.05) is 25.1 Å². The number of aliphatic hydroxyl groups is 1. The number of rotatable bonds is 13. The molecule has 0 saturated heterocycles. The lowest BCUT2D eigenvalue weighted by molar-refractivity contribution is 0.0550. The van der Waals surface area contributed by atoms with Crippen molar-refractivity contribution in [2.24, 2.45) is 7.05 Å². The number of anilines is 3. The summed E-state index contributed by atoms with van der Waals surface area (Å²) in [6, 6.07) is 10.4. The van der Waals surface area contributed by atoms with E-state index in [1.54, 1.807) is 55.8 Å². The number of aromatic nitrogens is 4. The van der Waals surface area contributed by atoms with Crippen molar-refractivity contribution in [1.82, 2.24) is 24.4 Å². The van der Waals surface area contributed by atoms with Gasteiger partial charge in [-0.05, 0) is 40.1 Å². The molecule has 13 nitrogen and oxygen atoms in total. The normalized spacial score (nSPS) is 12.0. The smallest absolute Gasteiger partial charge is 0.282 e. The predicted octanol–water partition coefficient (Wildman–Crippen LogP) is 3.53. The molecule has 0 atom stereocenters. The maximum Gasteiger partial charge on any atom is 0.282 e. The monoisotopic (exact) mass is 599 g/mol. The molecule has 0 aliphatic carbocycles. The number of nitrogens with one attached hydrogen (secondary N) is 2. The minimum absolute atomic E-state index is 0.0438. The van der Waals surface area contributed by atoms with Crippen LogP contribution < -0.4 is 24.2 Å². The Morgan fingerprint density at radius 3 is 2.29 bits per heavy atom. The third-order valence-electron chi connectivity index (χ3n) is 6.18. The van der Waals surface area contributed by atoms with Crippen LogP contribution in [0.1, 0.15) is 26.1 Å². The summed E-state index contributed by atoms with van der Waals surface area (Å²) in [5, 5.41) is 13.2. The molecule has 4 aromatic rings. The molecule has 42 heavy (non-hydrogen) atoms. The van der Waals surface area contributed by atoms with Crippen molar-refractivity contribution < 1.29 is 27.7 Å². The zero-order chi connectivity index (χ0) is 30.7. The molecule has 14 heteroatoms. The van der Waals surface area contributed by atoms with Crippen molar-refractivity contribution in [2.75, 3.05) is 45.0 Å². The van der Waals surface area contributed by atoms with Crippen molar-refractivity contribution in [3.8, 4) is 17.2 Å². The Balaban J connectivity index is 1.78. The summed E-state index contributed by atoms with van der Waals surface area (Å²) in [6.07, 6.45) is 1.80. The van der Waals surface area contributed by atoms with Crippen LogP contribution in [0.25, 0.3) is 11.0 Å². The van der Waals surface area contributed by atoms with Gasteiger partial charge in [0.25, 0.3) is 10.0 Å². The molecule has 2 aromatic heterocycles. The van der Waals surface area contributed by atoms with Gasteiger partial charge in [0.05, 0.1) is 49.7 Å². The Hall–Kier alpha value is -4.14. The third-order valence-corrected chi connectivity index (χ3v) is 7.39. The van der Waals surface area contributed by atoms with Gasteiger partial charge in [-0.1, -0.05) is 12.1 Å². The number of imidazole rings is 1. The van der Waals surface area contributed by atoms with Crippen LogP contribution in [0.15, 0.2) is 47.6 Å². The van der Waals surface area contributed by atoms with E-state index in [0.717, 1.165) is 0 Å². The van der Waals surface area contributed by atoms with Gasteiger partial charge >= 0.3 is 0 Å². The zero-order valence-corrected chi connectivity index (χ0v) is 25.6. The standard InChI is InChI=1S/C28H37N7O6S/c1-28(2,36)12-13-41-25-21(14-18(39-6)15-22(25)40-7)31-26-27(30-20-11-9-8-10-19(20)29-26)33-42(37,38)24-17-35(5)23(32-24)16-34(3)4/h8-11,14-15,17,36H,12-13,16H2,1-7H3,(H,29,31)(H,30,33). The molecule has 2 aromatic carbocycles. The molecule has 0 spiro atoms. The number of benzene rings is 2. The Bertz CT molecular complexity index is 1670. The van der Waals surface area contributed by atoms with E-state index in [9.17, 15) is 13.5 Å². The largest absolute Gasteiger partial charge is 0.497 e. The zero-order valence-electron chi connectivity index (χ0n) is 24.8. The fraction of sp³-hybridized carbons (Fsp3) is 0.393. The SMILES string of the molecule is COc1cc(Nc2nc3ccccc3nc2NS(=O)(=O)c2cn(C)c(CN(C)C)n2)c(OCCC(C)(C)O)c(OC)c1. The Morgan fingerprint density at radius 1 is 1.02 bits per heavy atom. The Labute approximate surface area is 245 Å². The fourth-order valence-electron chi connectivity index (χ4n) is 3.99. The summed E-state index contributed by atoms with van der Waals surface area (Å²) in [5.74, 6) is 1.80. The first-order chi connectivity index (χ1) is 19.8. The third kappa shape index (κ3) is 7.38. The van der Waals surface area contributed by atoms with E-state index < -0.39 is 15.6 Å². The minimum Gasteiger partial charge on any atom is -0.497 e. The van der Waals surface area contributed by atoms with Gasteiger partial charge in [0.2, 0.25) is 0 Å². The molecular formula is C28H37N7O6S. The lowest BCUT2D eigenvalue weighted by atomic mass is 10.1. The van der Waals surface area contributed by atoms with Crippen LogP contribution in [0.2, 0.25) is 0 Å². The topological polar surface area (TPSA) is 153 Å². The van der Waals surface area contributed by atoms with Crippen molar-refractivity contribution in [3.63, 3.8) is 0 Å². The molecule has 0 aliphatic rings. The highest BCUT2D eigenvalue weighted by molar-refractivity contribution is 7.92. The number of sulfonamides is 1. The molecule has 0 amide bonds. The molecule has 0 bridgehead atoms. The van der Waals surface area contributed by atoms with Gasteiger partial charge in [0.15, 0.2) is 28.2 Å². The summed E-state index contributed by atoms with van der Waals surface area (Å²) in [7, 11) is 4.35. The first-order valence-corrected chi connectivity index (χ1v) is 14.6. The van der Waals surface area contributed by atoms with Crippen molar-refractivity contribution >= 4 is 38.4 Å². The summed E-state index contributed by atoms with van der Waals surface area (Å²) in [4.78, 5) is 15.5. The number of hydrogen-bond acceptors (Lipinski definition) is 11. The minimum atomic E-state index is -4.15. The van der Waals surface area contributed by atoms with Gasteiger partial charge in [-0.2, -0.15) is 8.42 Å². The highest BCUT2D eigenvalue weighted by Crippen LogP contribution is 2.42. The molecule has 0 aliphatic heterocycles. The highest BCUT2D eigenvalue weighted by Gasteiger charge is 2.25. The van der Waals surface area contributed by atoms with Crippen molar-refractivity contribution in [1.29, 1.82) is 0 Å². The van der Waals surface area contributed by atoms with Crippen LogP contribution in [0.3, 0.4) is 0 Å². The van der Waals surface area contributed by atoms with Crippen LogP contribution in [-0.4, -0.2) is 78.5 Å². The summed E-state index contributed by atoms with van der Waals surface area (Å²) < 4.78 is 48.3. The lowest BCUT2D eigenvalue weighted by Crippen LogP contribution is -2.22. The lowest BCUT2D eigenvalue weighted by Gasteiger charge is -2.21. The number of para-hydroxylation sites is 2. The number of ether oxygens (including phenoxy) is 3. The van der Waals surface area contributed by atoms with E-state index in [2.05, 4.69) is 25.0 Å². The second kappa shape index (κ2) is 12.4. The fourth-order valence-corrected chi connectivity index (χ4v) is 5.01. The van der Waals surface area contributed by atoms with Gasteiger partial charge < -0.3 is 34.1 Å². The second-order valence-electron chi connectivity index (χ2n) is 10.6. The molecule has 0 saturated carbocycles. The number of methoxy groups -OCH3 is 2. The van der Waals surface area contributed by atoms with E-state index in [1.165, 1.54) is 20.4 Å². The van der Waals surface area contributed by atoms with E-state index in [0.29, 0.717) is 52.8 Å². The summed E-state index contributed by atoms with van der Waals surface area (Å²) in [6.45, 7) is 4.02. The average molecular weight is 600 g/mol. The molecule has 3 N–H and O–H groups in total. The van der Waals surface area contributed by atoms with Gasteiger partial charge in [-0.3, -0.25) is 4.72 Å². The molecule has 4 rings (SSSR count). The van der Waals surface area contributed by atoms with Crippen LogP contribution in [0.5, 0.6) is 17.2 Å². The number of hydrogen-bond donors (Lipinski definition) is 3. The van der Waals surface area contributed by atoms with E-state index in [4.69, 9.17) is 14.2 Å². The van der Waals surface area contributed by atoms with Crippen LogP contribution in [0, 0.1) is 0 Å². The quantitative estimate of drug-likeness (QED) is 0.207. The molecule has 226 valence electrons. The van der Waals surface area contributed by atoms with E-state index in [-0.39, 0.29) is 23.3 Å². The first-order valence-electron chi connectivity index (χ1n) is 13.1.